The Morgan fingerprint density at radius 1 is 1.55 bits per heavy atom. The van der Waals surface area contributed by atoms with E-state index < -0.39 is 0 Å². The van der Waals surface area contributed by atoms with E-state index >= 15 is 0 Å². The van der Waals surface area contributed by atoms with Gasteiger partial charge in [-0.1, -0.05) is 19.9 Å². The number of nitrogens with one attached hydrogen (secondary N) is 1. The smallest absolute Gasteiger partial charge is 0.311 e. The van der Waals surface area contributed by atoms with Crippen molar-refractivity contribution in [3.8, 4) is 5.75 Å². The first-order chi connectivity index (χ1) is 9.42. The lowest BCUT2D eigenvalue weighted by atomic mass is 9.61. The van der Waals surface area contributed by atoms with Crippen molar-refractivity contribution in [2.45, 2.75) is 45.8 Å². The molecule has 1 saturated carbocycles. The van der Waals surface area contributed by atoms with Gasteiger partial charge in [-0.2, -0.15) is 0 Å². The second-order valence-corrected chi connectivity index (χ2v) is 5.77. The van der Waals surface area contributed by atoms with E-state index in [4.69, 9.17) is 4.74 Å². The van der Waals surface area contributed by atoms with Crippen LogP contribution >= 0.6 is 0 Å². The van der Waals surface area contributed by atoms with E-state index in [0.717, 1.165) is 18.4 Å². The Morgan fingerprint density at radius 2 is 2.25 bits per heavy atom. The fourth-order valence-electron chi connectivity index (χ4n) is 2.94. The summed E-state index contributed by atoms with van der Waals surface area (Å²) in [6.07, 6.45) is 1.88. The molecule has 0 aromatic heterocycles. The predicted molar refractivity (Wildman–Crippen MR) is 78.1 cm³/mol. The average molecular weight is 278 g/mol. The zero-order valence-corrected chi connectivity index (χ0v) is 12.5. The zero-order chi connectivity index (χ0) is 14.9. The maximum Gasteiger partial charge on any atom is 0.311 e. The highest BCUT2D eigenvalue weighted by Gasteiger charge is 2.51. The molecule has 110 valence electrons. The molecule has 5 nitrogen and oxygen atoms in total. The fraction of sp³-hybridized carbons (Fsp3) is 0.600. The van der Waals surface area contributed by atoms with Crippen LogP contribution in [-0.2, 0) is 0 Å². The van der Waals surface area contributed by atoms with E-state index in [2.05, 4.69) is 19.2 Å². The molecule has 20 heavy (non-hydrogen) atoms. The van der Waals surface area contributed by atoms with Crippen LogP contribution in [-0.4, -0.2) is 24.1 Å². The standard InChI is InChI=1S/C15H22N2O3/c1-5-15(3)13(16-4)9-14(15)20-12-7-6-10(2)8-11(12)17(18)19/h6-8,13-14,16H,5,9H2,1-4H3. The Bertz CT molecular complexity index is 518. The molecule has 3 unspecified atom stereocenters. The molecule has 1 N–H and O–H groups in total. The van der Waals surface area contributed by atoms with Crippen molar-refractivity contribution >= 4 is 5.69 Å². The number of benzene rings is 1. The third-order valence-corrected chi connectivity index (χ3v) is 4.67. The Hall–Kier alpha value is -1.62. The first kappa shape index (κ1) is 14.8. The molecule has 0 amide bonds. The van der Waals surface area contributed by atoms with Gasteiger partial charge in [0, 0.05) is 23.9 Å². The molecule has 0 spiro atoms. The molecule has 0 heterocycles. The van der Waals surface area contributed by atoms with Crippen molar-refractivity contribution in [3.05, 3.63) is 33.9 Å². The summed E-state index contributed by atoms with van der Waals surface area (Å²) in [5.74, 6) is 0.375. The second kappa shape index (κ2) is 5.40. The largest absolute Gasteiger partial charge is 0.483 e. The lowest BCUT2D eigenvalue weighted by molar-refractivity contribution is -0.386. The number of nitro benzene ring substituents is 1. The van der Waals surface area contributed by atoms with E-state index in [1.807, 2.05) is 20.0 Å². The molecule has 1 aromatic carbocycles. The van der Waals surface area contributed by atoms with Gasteiger partial charge in [0.1, 0.15) is 6.10 Å². The van der Waals surface area contributed by atoms with Gasteiger partial charge in [-0.25, -0.2) is 0 Å². The number of nitrogens with zero attached hydrogens (tertiary/aromatic N) is 1. The number of aryl methyl sites for hydroxylation is 1. The quantitative estimate of drug-likeness (QED) is 0.664. The summed E-state index contributed by atoms with van der Waals surface area (Å²) in [6.45, 7) is 6.14. The van der Waals surface area contributed by atoms with Gasteiger partial charge in [0.15, 0.2) is 5.75 Å². The summed E-state index contributed by atoms with van der Waals surface area (Å²) in [7, 11) is 1.95. The van der Waals surface area contributed by atoms with Gasteiger partial charge < -0.3 is 10.1 Å². The Balaban J connectivity index is 2.21. The molecule has 3 atom stereocenters. The minimum atomic E-state index is -0.375. The Labute approximate surface area is 119 Å². The number of hydrogen-bond donors (Lipinski definition) is 1. The van der Waals surface area contributed by atoms with Gasteiger partial charge in [-0.05, 0) is 32.0 Å². The maximum absolute atomic E-state index is 11.1. The molecular weight excluding hydrogens is 256 g/mol. The van der Waals surface area contributed by atoms with Crippen LogP contribution in [0.2, 0.25) is 0 Å². The van der Waals surface area contributed by atoms with E-state index in [9.17, 15) is 10.1 Å². The topological polar surface area (TPSA) is 64.4 Å². The highest BCUT2D eigenvalue weighted by Crippen LogP contribution is 2.46. The number of nitro groups is 1. The van der Waals surface area contributed by atoms with Crippen LogP contribution in [0.25, 0.3) is 0 Å². The van der Waals surface area contributed by atoms with Crippen molar-refractivity contribution in [3.63, 3.8) is 0 Å². The molecule has 1 aliphatic carbocycles. The van der Waals surface area contributed by atoms with Crippen molar-refractivity contribution in [1.29, 1.82) is 0 Å². The van der Waals surface area contributed by atoms with Gasteiger partial charge in [0.05, 0.1) is 4.92 Å². The van der Waals surface area contributed by atoms with Crippen LogP contribution < -0.4 is 10.1 Å². The lowest BCUT2D eigenvalue weighted by Crippen LogP contribution is -2.62. The lowest BCUT2D eigenvalue weighted by Gasteiger charge is -2.53. The predicted octanol–water partition coefficient (Wildman–Crippen LogP) is 3.06. The highest BCUT2D eigenvalue weighted by atomic mass is 16.6. The number of hydrogen-bond acceptors (Lipinski definition) is 4. The second-order valence-electron chi connectivity index (χ2n) is 5.77. The third kappa shape index (κ3) is 2.38. The first-order valence-corrected chi connectivity index (χ1v) is 7.01. The van der Waals surface area contributed by atoms with Crippen molar-refractivity contribution in [2.75, 3.05) is 7.05 Å². The fourth-order valence-corrected chi connectivity index (χ4v) is 2.94. The van der Waals surface area contributed by atoms with E-state index in [1.54, 1.807) is 12.1 Å². The number of ether oxygens (including phenoxy) is 1. The summed E-state index contributed by atoms with van der Waals surface area (Å²) >= 11 is 0. The number of rotatable bonds is 5. The van der Waals surface area contributed by atoms with Crippen molar-refractivity contribution in [2.24, 2.45) is 5.41 Å². The van der Waals surface area contributed by atoms with Crippen molar-refractivity contribution in [1.82, 2.24) is 5.32 Å². The third-order valence-electron chi connectivity index (χ3n) is 4.67. The Morgan fingerprint density at radius 3 is 2.80 bits per heavy atom. The zero-order valence-electron chi connectivity index (χ0n) is 12.5. The van der Waals surface area contributed by atoms with Crippen LogP contribution in [0.5, 0.6) is 5.75 Å². The molecule has 0 aliphatic heterocycles. The maximum atomic E-state index is 11.1. The SMILES string of the molecule is CCC1(C)C(NC)CC1Oc1ccc(C)cc1[N+](=O)[O-]. The minimum Gasteiger partial charge on any atom is -0.483 e. The average Bonchev–Trinajstić information content (AvgIpc) is 2.42. The van der Waals surface area contributed by atoms with Crippen LogP contribution in [0.4, 0.5) is 5.69 Å². The molecule has 1 fully saturated rings. The van der Waals surface area contributed by atoms with Gasteiger partial charge in [0.2, 0.25) is 0 Å². The summed E-state index contributed by atoms with van der Waals surface area (Å²) in [6, 6.07) is 5.52. The van der Waals surface area contributed by atoms with Gasteiger partial charge in [0.25, 0.3) is 0 Å². The van der Waals surface area contributed by atoms with E-state index in [1.165, 1.54) is 0 Å². The van der Waals surface area contributed by atoms with Crippen LogP contribution in [0.15, 0.2) is 18.2 Å². The van der Waals surface area contributed by atoms with Crippen LogP contribution in [0.1, 0.15) is 32.3 Å². The molecule has 0 bridgehead atoms. The van der Waals surface area contributed by atoms with Crippen LogP contribution in [0.3, 0.4) is 0 Å². The highest BCUT2D eigenvalue weighted by molar-refractivity contribution is 5.48. The summed E-state index contributed by atoms with van der Waals surface area (Å²) in [4.78, 5) is 10.8. The van der Waals surface area contributed by atoms with Gasteiger partial charge in [-0.3, -0.25) is 10.1 Å². The normalized spacial score (nSPS) is 28.8. The first-order valence-electron chi connectivity index (χ1n) is 7.01. The summed E-state index contributed by atoms with van der Waals surface area (Å²) in [5, 5.41) is 14.4. The molecule has 0 saturated heterocycles. The molecule has 1 aliphatic rings. The molecular formula is C15H22N2O3. The molecule has 5 heteroatoms. The molecule has 0 radical (unpaired) electrons. The Kier molecular flexibility index (Phi) is 3.99. The van der Waals surface area contributed by atoms with Crippen molar-refractivity contribution < 1.29 is 9.66 Å². The summed E-state index contributed by atoms with van der Waals surface area (Å²) < 4.78 is 5.95. The molecule has 2 rings (SSSR count). The van der Waals surface area contributed by atoms with Gasteiger partial charge >= 0.3 is 5.69 Å². The van der Waals surface area contributed by atoms with E-state index in [-0.39, 0.29) is 22.1 Å². The minimum absolute atomic E-state index is 0.0198. The summed E-state index contributed by atoms with van der Waals surface area (Å²) in [5.41, 5.74) is 0.938. The van der Waals surface area contributed by atoms with E-state index in [0.29, 0.717) is 11.8 Å². The monoisotopic (exact) mass is 278 g/mol. The van der Waals surface area contributed by atoms with Crippen LogP contribution in [0, 0.1) is 22.5 Å². The van der Waals surface area contributed by atoms with Gasteiger partial charge in [-0.15, -0.1) is 0 Å². The molecule has 1 aromatic rings.